The molecule has 9 nitrogen and oxygen atoms in total. The van der Waals surface area contributed by atoms with Crippen molar-refractivity contribution in [1.82, 2.24) is 10.2 Å². The molecule has 0 aliphatic carbocycles. The number of ether oxygens (including phenoxy) is 1. The number of sulfonamides is 1. The molecule has 1 atom stereocenters. The molecule has 0 radical (unpaired) electrons. The summed E-state index contributed by atoms with van der Waals surface area (Å²) < 4.78 is 28.0. The maximum Gasteiger partial charge on any atom is 0.257 e. The molecule has 0 bridgehead atoms. The topological polar surface area (TPSA) is 122 Å². The number of imide groups is 1. The van der Waals surface area contributed by atoms with Crippen LogP contribution in [0.1, 0.15) is 12.0 Å². The number of hydrogen-bond acceptors (Lipinski definition) is 6. The first kappa shape index (κ1) is 23.6. The van der Waals surface area contributed by atoms with E-state index in [0.717, 1.165) is 10.5 Å². The molecule has 0 saturated carbocycles. The monoisotopic (exact) mass is 476 g/mol. The molecular formula is C21H24N4O5S2. The summed E-state index contributed by atoms with van der Waals surface area (Å²) in [4.78, 5) is 28.7. The molecule has 170 valence electrons. The normalized spacial score (nSPS) is 16.2. The van der Waals surface area contributed by atoms with Gasteiger partial charge in [-0.15, -0.1) is 0 Å². The summed E-state index contributed by atoms with van der Waals surface area (Å²) in [6.45, 7) is 0.356. The van der Waals surface area contributed by atoms with Crippen LogP contribution in [0.15, 0.2) is 53.4 Å². The Balaban J connectivity index is 1.77. The minimum absolute atomic E-state index is 0.00294. The van der Waals surface area contributed by atoms with E-state index < -0.39 is 16.1 Å². The van der Waals surface area contributed by atoms with Crippen LogP contribution in [0.4, 0.5) is 5.69 Å². The highest BCUT2D eigenvalue weighted by Crippen LogP contribution is 2.27. The van der Waals surface area contributed by atoms with Crippen molar-refractivity contribution in [2.75, 3.05) is 25.6 Å². The summed E-state index contributed by atoms with van der Waals surface area (Å²) in [5.74, 6) is -0.0512. The zero-order chi connectivity index (χ0) is 23.5. The van der Waals surface area contributed by atoms with E-state index in [1.54, 1.807) is 48.3 Å². The van der Waals surface area contributed by atoms with E-state index in [-0.39, 0.29) is 23.1 Å². The van der Waals surface area contributed by atoms with Gasteiger partial charge in [0, 0.05) is 13.6 Å². The van der Waals surface area contributed by atoms with Gasteiger partial charge in [-0.25, -0.2) is 18.5 Å². The second-order valence-corrected chi connectivity index (χ2v) is 9.12. The lowest BCUT2D eigenvalue weighted by Crippen LogP contribution is -2.49. The number of anilines is 1. The molecule has 32 heavy (non-hydrogen) atoms. The van der Waals surface area contributed by atoms with Crippen LogP contribution >= 0.6 is 12.2 Å². The van der Waals surface area contributed by atoms with E-state index >= 15 is 0 Å². The number of thiocarbonyl (C=S) groups is 1. The molecule has 0 spiro atoms. The van der Waals surface area contributed by atoms with Crippen molar-refractivity contribution in [3.63, 3.8) is 0 Å². The summed E-state index contributed by atoms with van der Waals surface area (Å²) in [7, 11) is -0.579. The summed E-state index contributed by atoms with van der Waals surface area (Å²) in [5, 5.41) is 8.35. The Morgan fingerprint density at radius 3 is 2.34 bits per heavy atom. The standard InChI is InChI=1S/C21H24N4O5S2/c1-23-21(31)24(12-11-14-3-9-17(10-4-14)32(22,28)29)18-13-19(26)25(20(18)27)15-5-7-16(30-2)8-6-15/h3-10,18H,11-13H2,1-2H3,(H,23,31)(H2,22,28,29)/t18-/m0/s1. The van der Waals surface area contributed by atoms with Gasteiger partial charge in [0.15, 0.2) is 5.11 Å². The zero-order valence-electron chi connectivity index (χ0n) is 17.6. The van der Waals surface area contributed by atoms with Crippen LogP contribution in [0.2, 0.25) is 0 Å². The Hall–Kier alpha value is -3.02. The molecule has 1 saturated heterocycles. The second kappa shape index (κ2) is 9.63. The first-order valence-corrected chi connectivity index (χ1v) is 11.7. The van der Waals surface area contributed by atoms with Gasteiger partial charge in [-0.1, -0.05) is 12.1 Å². The number of primary sulfonamides is 1. The molecule has 0 aromatic heterocycles. The van der Waals surface area contributed by atoms with E-state index in [4.69, 9.17) is 22.1 Å². The van der Waals surface area contributed by atoms with Crippen LogP contribution < -0.4 is 20.1 Å². The van der Waals surface area contributed by atoms with E-state index in [2.05, 4.69) is 5.32 Å². The number of rotatable bonds is 7. The largest absolute Gasteiger partial charge is 0.497 e. The van der Waals surface area contributed by atoms with Crippen LogP contribution in [0, 0.1) is 0 Å². The van der Waals surface area contributed by atoms with Crippen molar-refractivity contribution < 1.29 is 22.7 Å². The lowest BCUT2D eigenvalue weighted by molar-refractivity contribution is -0.122. The van der Waals surface area contributed by atoms with Crippen LogP contribution in [0.25, 0.3) is 0 Å². The predicted octanol–water partition coefficient (Wildman–Crippen LogP) is 1.02. The number of nitrogens with zero attached hydrogens (tertiary/aromatic N) is 2. The fourth-order valence-corrected chi connectivity index (χ4v) is 4.23. The third-order valence-corrected chi connectivity index (χ3v) is 6.57. The summed E-state index contributed by atoms with van der Waals surface area (Å²) in [6, 6.07) is 12.1. The Bertz CT molecular complexity index is 1120. The minimum Gasteiger partial charge on any atom is -0.497 e. The molecule has 1 heterocycles. The van der Waals surface area contributed by atoms with Crippen molar-refractivity contribution in [1.29, 1.82) is 0 Å². The van der Waals surface area contributed by atoms with E-state index in [1.807, 2.05) is 0 Å². The van der Waals surface area contributed by atoms with Crippen molar-refractivity contribution in [2.45, 2.75) is 23.8 Å². The number of nitrogens with one attached hydrogen (secondary N) is 1. The SMILES string of the molecule is CNC(=S)N(CCc1ccc(S(N)(=O)=O)cc1)[C@H]1CC(=O)N(c2ccc(OC)cc2)C1=O. The van der Waals surface area contributed by atoms with Crippen LogP contribution in [-0.4, -0.2) is 57.0 Å². The Morgan fingerprint density at radius 2 is 1.81 bits per heavy atom. The van der Waals surface area contributed by atoms with Crippen LogP contribution in [0.3, 0.4) is 0 Å². The molecule has 2 aromatic carbocycles. The van der Waals surface area contributed by atoms with Gasteiger partial charge in [-0.2, -0.15) is 0 Å². The van der Waals surface area contributed by atoms with E-state index in [0.29, 0.717) is 29.5 Å². The van der Waals surface area contributed by atoms with Gasteiger partial charge in [0.1, 0.15) is 11.8 Å². The number of amides is 2. The molecule has 0 unspecified atom stereocenters. The number of benzene rings is 2. The van der Waals surface area contributed by atoms with Gasteiger partial charge in [-0.3, -0.25) is 9.59 Å². The Morgan fingerprint density at radius 1 is 1.19 bits per heavy atom. The third-order valence-electron chi connectivity index (χ3n) is 5.20. The second-order valence-electron chi connectivity index (χ2n) is 7.17. The van der Waals surface area contributed by atoms with E-state index in [1.165, 1.54) is 19.2 Å². The van der Waals surface area contributed by atoms with Gasteiger partial charge >= 0.3 is 0 Å². The molecule has 3 rings (SSSR count). The molecule has 2 aromatic rings. The molecule has 2 amide bonds. The molecule has 1 fully saturated rings. The first-order valence-electron chi connectivity index (χ1n) is 9.76. The van der Waals surface area contributed by atoms with E-state index in [9.17, 15) is 18.0 Å². The number of nitrogens with two attached hydrogens (primary N) is 1. The van der Waals surface area contributed by atoms with Crippen LogP contribution in [-0.2, 0) is 26.0 Å². The fourth-order valence-electron chi connectivity index (χ4n) is 3.50. The summed E-state index contributed by atoms with van der Waals surface area (Å²) in [5.41, 5.74) is 1.31. The number of carbonyl (C=O) groups excluding carboxylic acids is 2. The highest BCUT2D eigenvalue weighted by Gasteiger charge is 2.43. The van der Waals surface area contributed by atoms with Crippen LogP contribution in [0.5, 0.6) is 5.75 Å². The summed E-state index contributed by atoms with van der Waals surface area (Å²) >= 11 is 5.40. The quantitative estimate of drug-likeness (QED) is 0.449. The van der Waals surface area contributed by atoms with Gasteiger partial charge in [-0.05, 0) is 60.6 Å². The molecule has 1 aliphatic rings. The van der Waals surface area contributed by atoms with Crippen molar-refractivity contribution in [3.05, 3.63) is 54.1 Å². The number of hydrogen-bond donors (Lipinski definition) is 2. The maximum atomic E-state index is 13.2. The predicted molar refractivity (Wildman–Crippen MR) is 124 cm³/mol. The third kappa shape index (κ3) is 5.06. The molecule has 11 heteroatoms. The van der Waals surface area contributed by atoms with Gasteiger partial charge < -0.3 is 15.0 Å². The average molecular weight is 477 g/mol. The first-order chi connectivity index (χ1) is 15.2. The highest BCUT2D eigenvalue weighted by atomic mass is 32.2. The van der Waals surface area contributed by atoms with Crippen molar-refractivity contribution in [2.24, 2.45) is 5.14 Å². The molecule has 3 N–H and O–H groups in total. The fraction of sp³-hybridized carbons (Fsp3) is 0.286. The van der Waals surface area contributed by atoms with Gasteiger partial charge in [0.25, 0.3) is 5.91 Å². The Labute approximate surface area is 192 Å². The van der Waals surface area contributed by atoms with Gasteiger partial charge in [0.05, 0.1) is 24.1 Å². The number of methoxy groups -OCH3 is 1. The molecule has 1 aliphatic heterocycles. The van der Waals surface area contributed by atoms with Crippen molar-refractivity contribution in [3.8, 4) is 5.75 Å². The molecular weight excluding hydrogens is 452 g/mol. The lowest BCUT2D eigenvalue weighted by atomic mass is 10.1. The zero-order valence-corrected chi connectivity index (χ0v) is 19.3. The van der Waals surface area contributed by atoms with Crippen molar-refractivity contribution >= 4 is 44.9 Å². The lowest BCUT2D eigenvalue weighted by Gasteiger charge is -2.29. The smallest absolute Gasteiger partial charge is 0.257 e. The Kier molecular flexibility index (Phi) is 7.12. The average Bonchev–Trinajstić information content (AvgIpc) is 3.07. The minimum atomic E-state index is -3.77. The van der Waals surface area contributed by atoms with Gasteiger partial charge in [0.2, 0.25) is 15.9 Å². The summed E-state index contributed by atoms with van der Waals surface area (Å²) in [6.07, 6.45) is 0.476. The highest BCUT2D eigenvalue weighted by molar-refractivity contribution is 7.89. The number of carbonyl (C=O) groups is 2. The maximum absolute atomic E-state index is 13.2.